The highest BCUT2D eigenvalue weighted by Crippen LogP contribution is 2.24. The quantitative estimate of drug-likeness (QED) is 0.867. The third kappa shape index (κ3) is 2.72. The average molecular weight is 254 g/mol. The Morgan fingerprint density at radius 1 is 1.26 bits per heavy atom. The Morgan fingerprint density at radius 2 is 1.95 bits per heavy atom. The largest absolute Gasteiger partial charge is 0.373 e. The summed E-state index contributed by atoms with van der Waals surface area (Å²) in [6.07, 6.45) is 0. The van der Waals surface area contributed by atoms with E-state index in [1.54, 1.807) is 25.2 Å². The number of nitrogens with two attached hydrogens (primary N) is 1. The molecule has 2 rings (SSSR count). The molecule has 1 aromatic heterocycles. The minimum Gasteiger partial charge on any atom is -0.373 e. The lowest BCUT2D eigenvalue weighted by atomic mass is 10.2. The molecule has 6 nitrogen and oxygen atoms in total. The standard InChI is InChI=1S/C13H14N6/c1-16-11-7-12(18-13(15)17-11)19(2)10-5-3-9(8-14)4-6-10/h3-7H,1-2H3,(H3,15,16,17,18). The molecule has 0 spiro atoms. The maximum Gasteiger partial charge on any atom is 0.223 e. The SMILES string of the molecule is CNc1cc(N(C)c2ccc(C#N)cc2)nc(N)n1. The third-order valence-electron chi connectivity index (χ3n) is 2.71. The third-order valence-corrected chi connectivity index (χ3v) is 2.71. The number of nitriles is 1. The molecule has 0 radical (unpaired) electrons. The molecule has 0 amide bonds. The number of hydrogen-bond donors (Lipinski definition) is 2. The van der Waals surface area contributed by atoms with Crippen molar-refractivity contribution in [3.8, 4) is 6.07 Å². The van der Waals surface area contributed by atoms with Gasteiger partial charge in [-0.1, -0.05) is 0 Å². The molecule has 2 aromatic rings. The lowest BCUT2D eigenvalue weighted by molar-refractivity contribution is 1.09. The van der Waals surface area contributed by atoms with Gasteiger partial charge in [-0.25, -0.2) is 0 Å². The van der Waals surface area contributed by atoms with E-state index in [0.717, 1.165) is 5.69 Å². The molecular weight excluding hydrogens is 240 g/mol. The minimum absolute atomic E-state index is 0.211. The molecule has 19 heavy (non-hydrogen) atoms. The van der Waals surface area contributed by atoms with Crippen LogP contribution in [0.2, 0.25) is 0 Å². The van der Waals surface area contributed by atoms with Gasteiger partial charge < -0.3 is 16.0 Å². The molecule has 0 saturated carbocycles. The van der Waals surface area contributed by atoms with Gasteiger partial charge in [0, 0.05) is 25.8 Å². The van der Waals surface area contributed by atoms with E-state index in [1.807, 2.05) is 24.1 Å². The summed E-state index contributed by atoms with van der Waals surface area (Å²) in [6, 6.07) is 11.1. The highest BCUT2D eigenvalue weighted by molar-refractivity contribution is 5.63. The van der Waals surface area contributed by atoms with E-state index in [0.29, 0.717) is 17.2 Å². The van der Waals surface area contributed by atoms with Crippen molar-refractivity contribution in [3.05, 3.63) is 35.9 Å². The van der Waals surface area contributed by atoms with Crippen LogP contribution < -0.4 is 16.0 Å². The monoisotopic (exact) mass is 254 g/mol. The normalized spacial score (nSPS) is 9.74. The van der Waals surface area contributed by atoms with Crippen molar-refractivity contribution >= 4 is 23.3 Å². The fraction of sp³-hybridized carbons (Fsp3) is 0.154. The summed E-state index contributed by atoms with van der Waals surface area (Å²) < 4.78 is 0. The first kappa shape index (κ1) is 12.6. The Kier molecular flexibility index (Phi) is 3.48. The van der Waals surface area contributed by atoms with Crippen molar-refractivity contribution in [2.24, 2.45) is 0 Å². The smallest absolute Gasteiger partial charge is 0.223 e. The summed E-state index contributed by atoms with van der Waals surface area (Å²) in [5.74, 6) is 1.55. The van der Waals surface area contributed by atoms with Crippen LogP contribution in [0.4, 0.5) is 23.3 Å². The molecule has 1 heterocycles. The highest BCUT2D eigenvalue weighted by atomic mass is 15.2. The average Bonchev–Trinajstić information content (AvgIpc) is 2.46. The maximum absolute atomic E-state index is 8.78. The number of aromatic nitrogens is 2. The fourth-order valence-corrected chi connectivity index (χ4v) is 1.64. The van der Waals surface area contributed by atoms with Crippen LogP contribution >= 0.6 is 0 Å². The van der Waals surface area contributed by atoms with Crippen molar-refractivity contribution < 1.29 is 0 Å². The summed E-state index contributed by atoms with van der Waals surface area (Å²) in [5, 5.41) is 11.7. The molecule has 0 saturated heterocycles. The Morgan fingerprint density at radius 3 is 2.53 bits per heavy atom. The molecule has 0 aliphatic carbocycles. The predicted molar refractivity (Wildman–Crippen MR) is 75.2 cm³/mol. The van der Waals surface area contributed by atoms with Crippen LogP contribution in [-0.2, 0) is 0 Å². The summed E-state index contributed by atoms with van der Waals surface area (Å²) in [4.78, 5) is 10.1. The lowest BCUT2D eigenvalue weighted by Crippen LogP contribution is -2.13. The van der Waals surface area contributed by atoms with E-state index < -0.39 is 0 Å². The highest BCUT2D eigenvalue weighted by Gasteiger charge is 2.08. The Hall–Kier alpha value is -2.81. The lowest BCUT2D eigenvalue weighted by Gasteiger charge is -2.19. The van der Waals surface area contributed by atoms with Crippen molar-refractivity contribution in [1.82, 2.24) is 9.97 Å². The topological polar surface area (TPSA) is 90.9 Å². The summed E-state index contributed by atoms with van der Waals surface area (Å²) in [7, 11) is 3.65. The summed E-state index contributed by atoms with van der Waals surface area (Å²) in [6.45, 7) is 0. The number of rotatable bonds is 3. The van der Waals surface area contributed by atoms with Gasteiger partial charge in [0.2, 0.25) is 5.95 Å². The van der Waals surface area contributed by atoms with Crippen LogP contribution in [0.3, 0.4) is 0 Å². The van der Waals surface area contributed by atoms with Crippen LogP contribution in [-0.4, -0.2) is 24.1 Å². The Labute approximate surface area is 111 Å². The number of nitrogens with one attached hydrogen (secondary N) is 1. The Balaban J connectivity index is 2.35. The number of nitrogen functional groups attached to an aromatic ring is 1. The molecule has 6 heteroatoms. The molecule has 0 atom stereocenters. The van der Waals surface area contributed by atoms with Crippen molar-refractivity contribution in [2.45, 2.75) is 0 Å². The molecule has 0 fully saturated rings. The number of nitrogens with zero attached hydrogens (tertiary/aromatic N) is 4. The van der Waals surface area contributed by atoms with Crippen LogP contribution in [0.1, 0.15) is 5.56 Å². The summed E-state index contributed by atoms with van der Waals surface area (Å²) in [5.41, 5.74) is 7.20. The van der Waals surface area contributed by atoms with Crippen molar-refractivity contribution in [1.29, 1.82) is 5.26 Å². The van der Waals surface area contributed by atoms with E-state index in [2.05, 4.69) is 21.4 Å². The van der Waals surface area contributed by atoms with Gasteiger partial charge in [-0.2, -0.15) is 15.2 Å². The Bertz CT molecular complexity index is 614. The van der Waals surface area contributed by atoms with E-state index in [4.69, 9.17) is 11.0 Å². The van der Waals surface area contributed by atoms with Gasteiger partial charge in [-0.15, -0.1) is 0 Å². The van der Waals surface area contributed by atoms with E-state index in [1.165, 1.54) is 0 Å². The molecule has 0 unspecified atom stereocenters. The first-order valence-corrected chi connectivity index (χ1v) is 5.70. The minimum atomic E-state index is 0.211. The van der Waals surface area contributed by atoms with Gasteiger partial charge in [-0.05, 0) is 24.3 Å². The van der Waals surface area contributed by atoms with Gasteiger partial charge >= 0.3 is 0 Å². The van der Waals surface area contributed by atoms with Crippen LogP contribution in [0.15, 0.2) is 30.3 Å². The molecule has 96 valence electrons. The van der Waals surface area contributed by atoms with Crippen LogP contribution in [0.5, 0.6) is 0 Å². The zero-order valence-electron chi connectivity index (χ0n) is 10.8. The van der Waals surface area contributed by atoms with Gasteiger partial charge in [0.15, 0.2) is 0 Å². The molecule has 0 aliphatic heterocycles. The van der Waals surface area contributed by atoms with E-state index in [9.17, 15) is 0 Å². The van der Waals surface area contributed by atoms with Crippen molar-refractivity contribution in [3.63, 3.8) is 0 Å². The number of benzene rings is 1. The molecule has 0 bridgehead atoms. The zero-order chi connectivity index (χ0) is 13.8. The number of anilines is 4. The van der Waals surface area contributed by atoms with Crippen molar-refractivity contribution in [2.75, 3.05) is 30.0 Å². The molecular formula is C13H14N6. The first-order valence-electron chi connectivity index (χ1n) is 5.70. The van der Waals surface area contributed by atoms with E-state index >= 15 is 0 Å². The van der Waals surface area contributed by atoms with Gasteiger partial charge in [0.25, 0.3) is 0 Å². The van der Waals surface area contributed by atoms with E-state index in [-0.39, 0.29) is 5.95 Å². The van der Waals surface area contributed by atoms with Gasteiger partial charge in [0.05, 0.1) is 11.6 Å². The molecule has 0 aliphatic rings. The van der Waals surface area contributed by atoms with Gasteiger partial charge in [-0.3, -0.25) is 0 Å². The molecule has 1 aromatic carbocycles. The fourth-order valence-electron chi connectivity index (χ4n) is 1.64. The second-order valence-electron chi connectivity index (χ2n) is 3.94. The van der Waals surface area contributed by atoms with Crippen LogP contribution in [0, 0.1) is 11.3 Å². The second-order valence-corrected chi connectivity index (χ2v) is 3.94. The first-order chi connectivity index (χ1) is 9.13. The summed E-state index contributed by atoms with van der Waals surface area (Å²) >= 11 is 0. The maximum atomic E-state index is 8.78. The predicted octanol–water partition coefficient (Wildman–Crippen LogP) is 1.74. The zero-order valence-corrected chi connectivity index (χ0v) is 10.8. The number of hydrogen-bond acceptors (Lipinski definition) is 6. The van der Waals surface area contributed by atoms with Gasteiger partial charge in [0.1, 0.15) is 11.6 Å². The second kappa shape index (κ2) is 5.23. The molecule has 3 N–H and O–H groups in total. The van der Waals surface area contributed by atoms with Crippen LogP contribution in [0.25, 0.3) is 0 Å².